The van der Waals surface area contributed by atoms with Crippen molar-refractivity contribution in [3.8, 4) is 6.07 Å². The van der Waals surface area contributed by atoms with E-state index in [2.05, 4.69) is 11.4 Å². The number of nitrogens with zero attached hydrogens (tertiary/aromatic N) is 2. The number of rotatable bonds is 4. The summed E-state index contributed by atoms with van der Waals surface area (Å²) in [7, 11) is 0. The van der Waals surface area contributed by atoms with Crippen molar-refractivity contribution >= 4 is 5.91 Å². The van der Waals surface area contributed by atoms with Crippen molar-refractivity contribution in [1.82, 2.24) is 10.2 Å². The molecule has 17 heavy (non-hydrogen) atoms. The zero-order valence-corrected chi connectivity index (χ0v) is 10.3. The number of carbonyl (C=O) groups excluding carboxylic acids is 1. The van der Waals surface area contributed by atoms with Gasteiger partial charge in [0.2, 0.25) is 5.91 Å². The lowest BCUT2D eigenvalue weighted by molar-refractivity contribution is -0.134. The van der Waals surface area contributed by atoms with Crippen molar-refractivity contribution in [1.29, 1.82) is 5.26 Å². The molecule has 0 aromatic heterocycles. The lowest BCUT2D eigenvalue weighted by atomic mass is 10.1. The van der Waals surface area contributed by atoms with Gasteiger partial charge in [-0.15, -0.1) is 0 Å². The van der Waals surface area contributed by atoms with Crippen molar-refractivity contribution in [3.05, 3.63) is 0 Å². The van der Waals surface area contributed by atoms with Crippen LogP contribution in [0.1, 0.15) is 44.9 Å². The number of nitrogens with one attached hydrogen (secondary N) is 1. The van der Waals surface area contributed by atoms with E-state index in [4.69, 9.17) is 5.26 Å². The van der Waals surface area contributed by atoms with Gasteiger partial charge in [-0.3, -0.25) is 4.79 Å². The van der Waals surface area contributed by atoms with Crippen molar-refractivity contribution in [2.45, 2.75) is 57.0 Å². The van der Waals surface area contributed by atoms with Crippen molar-refractivity contribution in [2.24, 2.45) is 0 Å². The molecule has 1 atom stereocenters. The van der Waals surface area contributed by atoms with E-state index in [0.29, 0.717) is 19.0 Å². The van der Waals surface area contributed by atoms with Gasteiger partial charge in [-0.05, 0) is 32.2 Å². The van der Waals surface area contributed by atoms with E-state index >= 15 is 0 Å². The first-order valence-corrected chi connectivity index (χ1v) is 6.73. The van der Waals surface area contributed by atoms with Crippen molar-refractivity contribution in [3.63, 3.8) is 0 Å². The summed E-state index contributed by atoms with van der Waals surface area (Å²) in [5.41, 5.74) is 0. The Balaban J connectivity index is 1.92. The fourth-order valence-electron chi connectivity index (χ4n) is 2.47. The molecular formula is C13H21N3O. The van der Waals surface area contributed by atoms with Gasteiger partial charge in [0.25, 0.3) is 0 Å². The number of hydrogen-bond donors (Lipinski definition) is 1. The van der Waals surface area contributed by atoms with Crippen LogP contribution in [0.5, 0.6) is 0 Å². The van der Waals surface area contributed by atoms with E-state index in [0.717, 1.165) is 32.2 Å². The third kappa shape index (κ3) is 3.44. The molecule has 1 heterocycles. The van der Waals surface area contributed by atoms with Gasteiger partial charge >= 0.3 is 0 Å². The van der Waals surface area contributed by atoms with E-state index in [-0.39, 0.29) is 11.9 Å². The summed E-state index contributed by atoms with van der Waals surface area (Å²) < 4.78 is 0. The average molecular weight is 235 g/mol. The summed E-state index contributed by atoms with van der Waals surface area (Å²) in [4.78, 5) is 14.3. The van der Waals surface area contributed by atoms with E-state index in [1.807, 2.05) is 4.90 Å². The first kappa shape index (κ1) is 12.4. The van der Waals surface area contributed by atoms with Crippen molar-refractivity contribution in [2.75, 3.05) is 13.1 Å². The highest BCUT2D eigenvalue weighted by atomic mass is 16.2. The number of amides is 1. The van der Waals surface area contributed by atoms with E-state index < -0.39 is 0 Å². The molecule has 0 radical (unpaired) electrons. The van der Waals surface area contributed by atoms with Crippen molar-refractivity contribution < 1.29 is 4.79 Å². The van der Waals surface area contributed by atoms with E-state index in [1.165, 1.54) is 12.8 Å². The number of hydrogen-bond acceptors (Lipinski definition) is 3. The van der Waals surface area contributed by atoms with Gasteiger partial charge < -0.3 is 10.2 Å². The van der Waals surface area contributed by atoms with Crippen LogP contribution in [0, 0.1) is 11.3 Å². The minimum atomic E-state index is -0.00297. The van der Waals surface area contributed by atoms with E-state index in [9.17, 15) is 4.79 Å². The van der Waals surface area contributed by atoms with Crippen LogP contribution in [-0.4, -0.2) is 36.0 Å². The molecular weight excluding hydrogens is 214 g/mol. The standard InChI is InChI=1S/C13H21N3O/c14-8-4-10-16(11-6-7-11)13(17)12-5-2-1-3-9-15-12/h11-12,15H,1-7,9-10H2. The summed E-state index contributed by atoms with van der Waals surface area (Å²) in [6.45, 7) is 1.56. The Hall–Kier alpha value is -1.08. The number of nitriles is 1. The largest absolute Gasteiger partial charge is 0.337 e. The molecule has 0 aromatic carbocycles. The van der Waals surface area contributed by atoms with Crippen LogP contribution >= 0.6 is 0 Å². The summed E-state index contributed by atoms with van der Waals surface area (Å²) in [5.74, 6) is 0.227. The highest BCUT2D eigenvalue weighted by Crippen LogP contribution is 2.28. The Morgan fingerprint density at radius 1 is 1.29 bits per heavy atom. The van der Waals surface area contributed by atoms with Gasteiger partial charge in [-0.1, -0.05) is 12.8 Å². The minimum absolute atomic E-state index is 0.00297. The Morgan fingerprint density at radius 3 is 2.82 bits per heavy atom. The molecule has 2 fully saturated rings. The van der Waals surface area contributed by atoms with Crippen LogP contribution in [0.15, 0.2) is 0 Å². The summed E-state index contributed by atoms with van der Waals surface area (Å²) in [6.07, 6.45) is 7.17. The smallest absolute Gasteiger partial charge is 0.239 e. The molecule has 0 spiro atoms. The van der Waals surface area contributed by atoms with Crippen LogP contribution in [0.25, 0.3) is 0 Å². The van der Waals surface area contributed by atoms with Crippen LogP contribution in [-0.2, 0) is 4.79 Å². The van der Waals surface area contributed by atoms with Gasteiger partial charge in [0.1, 0.15) is 0 Å². The predicted octanol–water partition coefficient (Wildman–Crippen LogP) is 1.42. The van der Waals surface area contributed by atoms with Gasteiger partial charge in [-0.25, -0.2) is 0 Å². The molecule has 1 amide bonds. The molecule has 4 nitrogen and oxygen atoms in total. The Labute approximate surface area is 103 Å². The molecule has 2 rings (SSSR count). The van der Waals surface area contributed by atoms with Crippen LogP contribution in [0.4, 0.5) is 0 Å². The second kappa shape index (κ2) is 6.02. The monoisotopic (exact) mass is 235 g/mol. The third-order valence-corrected chi connectivity index (χ3v) is 3.59. The quantitative estimate of drug-likeness (QED) is 0.802. The molecule has 94 valence electrons. The molecule has 1 aliphatic carbocycles. The Morgan fingerprint density at radius 2 is 2.12 bits per heavy atom. The topological polar surface area (TPSA) is 56.1 Å². The van der Waals surface area contributed by atoms with E-state index in [1.54, 1.807) is 0 Å². The zero-order chi connectivity index (χ0) is 12.1. The fourth-order valence-corrected chi connectivity index (χ4v) is 2.47. The molecule has 2 aliphatic rings. The first-order chi connectivity index (χ1) is 8.33. The molecule has 1 saturated carbocycles. The fraction of sp³-hybridized carbons (Fsp3) is 0.846. The van der Waals surface area contributed by atoms with Gasteiger partial charge in [0.05, 0.1) is 18.5 Å². The zero-order valence-electron chi connectivity index (χ0n) is 10.3. The number of carbonyl (C=O) groups is 1. The highest BCUT2D eigenvalue weighted by molar-refractivity contribution is 5.82. The van der Waals surface area contributed by atoms with Gasteiger partial charge in [-0.2, -0.15) is 5.26 Å². The summed E-state index contributed by atoms with van der Waals surface area (Å²) in [5, 5.41) is 12.0. The average Bonchev–Trinajstić information content (AvgIpc) is 3.16. The second-order valence-electron chi connectivity index (χ2n) is 5.03. The van der Waals surface area contributed by atoms with Gasteiger partial charge in [0.15, 0.2) is 0 Å². The SMILES string of the molecule is N#CCCN(C(=O)C1CCCCCN1)C1CC1. The lowest BCUT2D eigenvalue weighted by Crippen LogP contribution is -2.47. The van der Waals surface area contributed by atoms with Gasteiger partial charge in [0, 0.05) is 12.6 Å². The van der Waals surface area contributed by atoms with Crippen LogP contribution in [0.3, 0.4) is 0 Å². The summed E-state index contributed by atoms with van der Waals surface area (Å²) in [6, 6.07) is 2.55. The van der Waals surface area contributed by atoms with Crippen LogP contribution in [0.2, 0.25) is 0 Å². The molecule has 1 N–H and O–H groups in total. The molecule has 0 aromatic rings. The van der Waals surface area contributed by atoms with Crippen LogP contribution < -0.4 is 5.32 Å². The molecule has 4 heteroatoms. The minimum Gasteiger partial charge on any atom is -0.337 e. The first-order valence-electron chi connectivity index (χ1n) is 6.73. The second-order valence-corrected chi connectivity index (χ2v) is 5.03. The predicted molar refractivity (Wildman–Crippen MR) is 65.2 cm³/mol. The molecule has 0 bridgehead atoms. The third-order valence-electron chi connectivity index (χ3n) is 3.59. The summed E-state index contributed by atoms with van der Waals surface area (Å²) >= 11 is 0. The molecule has 1 saturated heterocycles. The maximum Gasteiger partial charge on any atom is 0.239 e. The molecule has 1 unspecified atom stereocenters. The highest BCUT2D eigenvalue weighted by Gasteiger charge is 2.35. The Kier molecular flexibility index (Phi) is 4.38. The molecule has 1 aliphatic heterocycles. The maximum atomic E-state index is 12.4. The Bertz CT molecular complexity index is 298. The normalized spacial score (nSPS) is 24.8. The lowest BCUT2D eigenvalue weighted by Gasteiger charge is -2.26. The maximum absolute atomic E-state index is 12.4.